The number of aryl methyl sites for hydroxylation is 2. The number of ether oxygens (including phenoxy) is 1. The normalized spacial score (nSPS) is 13.6. The van der Waals surface area contributed by atoms with Crippen LogP contribution in [-0.4, -0.2) is 13.3 Å². The van der Waals surface area contributed by atoms with E-state index in [4.69, 9.17) is 4.74 Å². The van der Waals surface area contributed by atoms with Crippen molar-refractivity contribution in [2.75, 3.05) is 0 Å². The van der Waals surface area contributed by atoms with Gasteiger partial charge in [0.25, 0.3) is 0 Å². The van der Waals surface area contributed by atoms with Gasteiger partial charge < -0.3 is 0 Å². The summed E-state index contributed by atoms with van der Waals surface area (Å²) in [5.41, 5.74) is 6.94. The number of nitrogens with zero attached hydrogens (tertiary/aromatic N) is 1. The van der Waals surface area contributed by atoms with Gasteiger partial charge in [-0.2, -0.15) is 0 Å². The summed E-state index contributed by atoms with van der Waals surface area (Å²) in [5.74, 6) is 9.46. The predicted molar refractivity (Wildman–Crippen MR) is 180 cm³/mol. The molecule has 0 atom stereocenters. The van der Waals surface area contributed by atoms with Crippen molar-refractivity contribution in [1.29, 1.82) is 0 Å². The Bertz CT molecular complexity index is 1880. The first-order valence-corrected chi connectivity index (χ1v) is 22.5. The number of hydrogen-bond acceptors (Lipinski definition) is 1. The first kappa shape index (κ1) is 28.3. The molecule has 0 N–H and O–H groups in total. The van der Waals surface area contributed by atoms with E-state index in [-0.39, 0.29) is 10.8 Å². The topological polar surface area (TPSA) is 13.1 Å². The molecule has 41 heavy (non-hydrogen) atoms. The van der Waals surface area contributed by atoms with E-state index in [0.717, 1.165) is 24.3 Å². The Morgan fingerprint density at radius 1 is 0.756 bits per heavy atom. The molecule has 4 aromatic carbocycles. The van der Waals surface area contributed by atoms with Gasteiger partial charge in [0.2, 0.25) is 0 Å². The van der Waals surface area contributed by atoms with E-state index >= 15 is 0 Å². The van der Waals surface area contributed by atoms with Gasteiger partial charge in [0.15, 0.2) is 0 Å². The van der Waals surface area contributed by atoms with Crippen LogP contribution in [-0.2, 0) is 19.9 Å². The molecule has 2 nitrogen and oxygen atoms in total. The van der Waals surface area contributed by atoms with Gasteiger partial charge in [0.1, 0.15) is 0 Å². The standard InChI is InChI=1S/C38H46GeNO/c1-23-29-18-24(21-37(2,3)4)12-15-27(29)31(22-38(5,6)7)36-33(23)35-34-28(16-17-40(35)11)30-20-26(39(8,9)10)14-13-25(30)19-32(34)41-36/h12-20H,21-22H2,1-11H3/q+1. The average molecular weight is 605 g/mol. The maximum absolute atomic E-state index is 7.09. The van der Waals surface area contributed by atoms with E-state index in [1.54, 1.807) is 4.40 Å². The molecule has 1 aromatic heterocycles. The van der Waals surface area contributed by atoms with Crippen LogP contribution in [0.15, 0.2) is 54.7 Å². The van der Waals surface area contributed by atoms with Crippen LogP contribution in [0, 0.1) is 17.8 Å². The molecule has 6 rings (SSSR count). The van der Waals surface area contributed by atoms with Crippen molar-refractivity contribution in [2.24, 2.45) is 17.9 Å². The van der Waals surface area contributed by atoms with E-state index in [0.29, 0.717) is 0 Å². The molecule has 0 bridgehead atoms. The van der Waals surface area contributed by atoms with Crippen molar-refractivity contribution >= 4 is 50.0 Å². The second-order valence-corrected chi connectivity index (χ2v) is 26.5. The SMILES string of the molecule is Cc1c2c(c(CC(C)(C)C)c3ccc(CC(C)(C)C)cc13)Oc1cc3cc[c]([Ge]([CH3])([CH3])[CH3])cc3c3cc[n+](C)c-2c13. The number of aromatic nitrogens is 1. The van der Waals surface area contributed by atoms with Gasteiger partial charge in [-0.1, -0.05) is 20.8 Å². The molecule has 0 saturated heterocycles. The Morgan fingerprint density at radius 3 is 2.12 bits per heavy atom. The summed E-state index contributed by atoms with van der Waals surface area (Å²) in [4.78, 5) is 0. The van der Waals surface area contributed by atoms with Crippen LogP contribution in [0.5, 0.6) is 11.5 Å². The minimum absolute atomic E-state index is 0.121. The fraction of sp³-hybridized carbons (Fsp3) is 0.395. The monoisotopic (exact) mass is 606 g/mol. The van der Waals surface area contributed by atoms with E-state index in [2.05, 4.69) is 132 Å². The Morgan fingerprint density at radius 2 is 1.46 bits per heavy atom. The van der Waals surface area contributed by atoms with Crippen molar-refractivity contribution < 1.29 is 9.30 Å². The second-order valence-electron chi connectivity index (χ2n) is 15.9. The van der Waals surface area contributed by atoms with Crippen molar-refractivity contribution in [1.82, 2.24) is 0 Å². The van der Waals surface area contributed by atoms with Gasteiger partial charge in [0.05, 0.1) is 0 Å². The van der Waals surface area contributed by atoms with Crippen LogP contribution >= 0.6 is 0 Å². The van der Waals surface area contributed by atoms with Gasteiger partial charge in [0, 0.05) is 0 Å². The summed E-state index contributed by atoms with van der Waals surface area (Å²) in [7, 11) is 2.20. The van der Waals surface area contributed by atoms with Crippen LogP contribution in [0.1, 0.15) is 58.2 Å². The Kier molecular flexibility index (Phi) is 6.43. The molecule has 0 spiro atoms. The van der Waals surface area contributed by atoms with Crippen LogP contribution in [0.3, 0.4) is 0 Å². The van der Waals surface area contributed by atoms with Crippen molar-refractivity contribution in [3.8, 4) is 22.8 Å². The van der Waals surface area contributed by atoms with Gasteiger partial charge in [-0.15, -0.1) is 0 Å². The average Bonchev–Trinajstić information content (AvgIpc) is 2.85. The summed E-state index contributed by atoms with van der Waals surface area (Å²) in [6.45, 7) is 16.3. The Hall–Kier alpha value is -2.85. The zero-order chi connectivity index (χ0) is 29.6. The second kappa shape index (κ2) is 9.33. The Labute approximate surface area is 249 Å². The molecular formula is C38H46GeNO+. The molecular weight excluding hydrogens is 559 g/mol. The Balaban J connectivity index is 1.73. The number of pyridine rings is 1. The van der Waals surface area contributed by atoms with Gasteiger partial charge in [-0.25, -0.2) is 0 Å². The van der Waals surface area contributed by atoms with Crippen LogP contribution in [0.4, 0.5) is 0 Å². The third-order valence-electron chi connectivity index (χ3n) is 8.65. The molecule has 1 aliphatic rings. The summed E-state index contributed by atoms with van der Waals surface area (Å²) < 4.78 is 11.0. The molecule has 5 aromatic rings. The molecule has 212 valence electrons. The third kappa shape index (κ3) is 4.97. The molecule has 0 radical (unpaired) electrons. The first-order chi connectivity index (χ1) is 19.0. The zero-order valence-corrected chi connectivity index (χ0v) is 29.1. The molecule has 0 amide bonds. The first-order valence-electron chi connectivity index (χ1n) is 15.2. The van der Waals surface area contributed by atoms with E-state index in [9.17, 15) is 0 Å². The van der Waals surface area contributed by atoms with Crippen molar-refractivity contribution in [3.05, 3.63) is 71.4 Å². The van der Waals surface area contributed by atoms with E-state index in [1.165, 1.54) is 60.3 Å². The summed E-state index contributed by atoms with van der Waals surface area (Å²) >= 11 is -2.00. The van der Waals surface area contributed by atoms with Gasteiger partial charge in [-0.3, -0.25) is 0 Å². The van der Waals surface area contributed by atoms with E-state index < -0.39 is 13.3 Å². The maximum atomic E-state index is 7.09. The summed E-state index contributed by atoms with van der Waals surface area (Å²) in [6, 6.07) is 18.9. The molecule has 1 aliphatic heterocycles. The third-order valence-corrected chi connectivity index (χ3v) is 12.9. The molecule has 3 heteroatoms. The minimum atomic E-state index is -2.00. The van der Waals surface area contributed by atoms with E-state index in [1.807, 2.05) is 0 Å². The number of fused-ring (bicyclic) bond motifs is 5. The van der Waals surface area contributed by atoms with Crippen molar-refractivity contribution in [3.63, 3.8) is 0 Å². The predicted octanol–water partition coefficient (Wildman–Crippen LogP) is 9.77. The zero-order valence-electron chi connectivity index (χ0n) is 27.0. The quantitative estimate of drug-likeness (QED) is 0.111. The van der Waals surface area contributed by atoms with Crippen LogP contribution in [0.25, 0.3) is 43.6 Å². The number of hydrogen-bond donors (Lipinski definition) is 0. The molecule has 0 aliphatic carbocycles. The summed E-state index contributed by atoms with van der Waals surface area (Å²) in [6.07, 6.45) is 4.27. The molecule has 0 saturated carbocycles. The van der Waals surface area contributed by atoms with Crippen LogP contribution in [0.2, 0.25) is 17.3 Å². The van der Waals surface area contributed by atoms with Crippen LogP contribution < -0.4 is 13.7 Å². The fourth-order valence-corrected chi connectivity index (χ4v) is 9.21. The summed E-state index contributed by atoms with van der Waals surface area (Å²) in [5, 5.41) is 7.82. The molecule has 0 fully saturated rings. The number of benzene rings is 4. The van der Waals surface area contributed by atoms with Crippen molar-refractivity contribution in [2.45, 2.75) is 78.6 Å². The fourth-order valence-electron chi connectivity index (χ4n) is 6.78. The van der Waals surface area contributed by atoms with Gasteiger partial charge >= 0.3 is 224 Å². The number of rotatable bonds is 3. The van der Waals surface area contributed by atoms with Gasteiger partial charge in [-0.05, 0) is 5.41 Å². The molecule has 2 heterocycles. The molecule has 0 unspecified atom stereocenters.